The molecule has 0 unspecified atom stereocenters. The van der Waals surface area contributed by atoms with E-state index < -0.39 is 11.6 Å². The Morgan fingerprint density at radius 3 is 2.53 bits per heavy atom. The van der Waals surface area contributed by atoms with E-state index in [4.69, 9.17) is 5.11 Å². The van der Waals surface area contributed by atoms with Crippen LogP contribution in [0, 0.1) is 11.6 Å². The molecule has 0 atom stereocenters. The second-order valence-corrected chi connectivity index (χ2v) is 5.22. The van der Waals surface area contributed by atoms with E-state index in [0.29, 0.717) is 24.7 Å². The van der Waals surface area contributed by atoms with E-state index in [2.05, 4.69) is 4.90 Å². The number of halogens is 2. The highest BCUT2D eigenvalue weighted by Gasteiger charge is 2.21. The van der Waals surface area contributed by atoms with Gasteiger partial charge >= 0.3 is 0 Å². The highest BCUT2D eigenvalue weighted by Crippen LogP contribution is 2.24. The predicted molar refractivity (Wildman–Crippen MR) is 70.7 cm³/mol. The number of nitrogens with zero attached hydrogens (tertiary/aromatic N) is 1. The fourth-order valence-electron chi connectivity index (χ4n) is 2.83. The summed E-state index contributed by atoms with van der Waals surface area (Å²) in [6.45, 7) is 1.05. The van der Waals surface area contributed by atoms with E-state index in [-0.39, 0.29) is 6.61 Å². The Morgan fingerprint density at radius 2 is 1.89 bits per heavy atom. The molecule has 2 rings (SSSR count). The molecule has 0 amide bonds. The van der Waals surface area contributed by atoms with Crippen LogP contribution in [0.4, 0.5) is 8.78 Å². The molecule has 0 saturated heterocycles. The fraction of sp³-hybridized carbons (Fsp3) is 0.600. The molecule has 1 aliphatic carbocycles. The molecule has 1 fully saturated rings. The number of aliphatic hydroxyl groups excluding tert-OH is 1. The molecule has 0 aromatic heterocycles. The van der Waals surface area contributed by atoms with Crippen LogP contribution in [0.1, 0.15) is 37.7 Å². The molecule has 0 radical (unpaired) electrons. The minimum absolute atomic E-state index is 0.0688. The quantitative estimate of drug-likeness (QED) is 0.888. The molecule has 2 nitrogen and oxygen atoms in total. The molecule has 4 heteroatoms. The molecule has 0 spiro atoms. The third kappa shape index (κ3) is 3.98. The van der Waals surface area contributed by atoms with Gasteiger partial charge in [-0.1, -0.05) is 25.3 Å². The van der Waals surface area contributed by atoms with Crippen molar-refractivity contribution >= 4 is 0 Å². The first kappa shape index (κ1) is 14.4. The molecule has 0 bridgehead atoms. The summed E-state index contributed by atoms with van der Waals surface area (Å²) >= 11 is 0. The van der Waals surface area contributed by atoms with E-state index in [9.17, 15) is 8.78 Å². The average Bonchev–Trinajstić information content (AvgIpc) is 2.42. The molecule has 1 saturated carbocycles. The molecule has 0 heterocycles. The zero-order valence-corrected chi connectivity index (χ0v) is 11.1. The average molecular weight is 269 g/mol. The summed E-state index contributed by atoms with van der Waals surface area (Å²) in [5.74, 6) is -1.05. The van der Waals surface area contributed by atoms with Gasteiger partial charge in [0.1, 0.15) is 11.6 Å². The van der Waals surface area contributed by atoms with Gasteiger partial charge in [-0.05, 0) is 18.9 Å². The summed E-state index contributed by atoms with van der Waals surface area (Å²) in [5, 5.41) is 9.16. The maximum Gasteiger partial charge on any atom is 0.130 e. The number of aliphatic hydroxyl groups is 1. The van der Waals surface area contributed by atoms with Crippen LogP contribution in [0.2, 0.25) is 0 Å². The normalized spacial score (nSPS) is 17.1. The maximum absolute atomic E-state index is 13.7. The van der Waals surface area contributed by atoms with E-state index >= 15 is 0 Å². The van der Waals surface area contributed by atoms with Gasteiger partial charge in [-0.2, -0.15) is 0 Å². The van der Waals surface area contributed by atoms with Crippen LogP contribution in [0.25, 0.3) is 0 Å². The molecular weight excluding hydrogens is 248 g/mol. The Morgan fingerprint density at radius 1 is 1.16 bits per heavy atom. The molecule has 1 N–H and O–H groups in total. The number of benzene rings is 1. The van der Waals surface area contributed by atoms with Gasteiger partial charge in [0.05, 0.1) is 6.61 Å². The maximum atomic E-state index is 13.7. The first-order valence-electron chi connectivity index (χ1n) is 6.99. The SMILES string of the molecule is OCCN(Cc1ccc(F)cc1F)C1CCCCC1. The standard InChI is InChI=1S/C15H21F2NO/c16-13-7-6-12(15(17)10-13)11-18(8-9-19)14-4-2-1-3-5-14/h6-7,10,14,19H,1-5,8-9,11H2. The van der Waals surface area contributed by atoms with Gasteiger partial charge in [-0.3, -0.25) is 4.90 Å². The number of hydrogen-bond donors (Lipinski definition) is 1. The van der Waals surface area contributed by atoms with Crippen molar-refractivity contribution in [1.82, 2.24) is 4.90 Å². The molecule has 106 valence electrons. The van der Waals surface area contributed by atoms with Crippen LogP contribution in [0.15, 0.2) is 18.2 Å². The third-order valence-corrected chi connectivity index (χ3v) is 3.87. The van der Waals surface area contributed by atoms with Crippen LogP contribution in [0.3, 0.4) is 0 Å². The summed E-state index contributed by atoms with van der Waals surface area (Å²) in [5.41, 5.74) is 0.500. The monoisotopic (exact) mass is 269 g/mol. The Hall–Kier alpha value is -1.00. The summed E-state index contributed by atoms with van der Waals surface area (Å²) in [7, 11) is 0. The molecule has 0 aliphatic heterocycles. The summed E-state index contributed by atoms with van der Waals surface area (Å²) in [4.78, 5) is 2.12. The molecule has 19 heavy (non-hydrogen) atoms. The van der Waals surface area contributed by atoms with Crippen molar-refractivity contribution in [2.24, 2.45) is 0 Å². The van der Waals surface area contributed by atoms with Crippen molar-refractivity contribution in [2.45, 2.75) is 44.7 Å². The number of rotatable bonds is 5. The van der Waals surface area contributed by atoms with Crippen molar-refractivity contribution < 1.29 is 13.9 Å². The Balaban J connectivity index is 2.06. The minimum atomic E-state index is -0.548. The van der Waals surface area contributed by atoms with Gasteiger partial charge in [0, 0.05) is 30.8 Å². The van der Waals surface area contributed by atoms with E-state index in [0.717, 1.165) is 18.9 Å². The first-order chi connectivity index (χ1) is 9.20. The van der Waals surface area contributed by atoms with Crippen LogP contribution in [-0.2, 0) is 6.54 Å². The van der Waals surface area contributed by atoms with Crippen LogP contribution < -0.4 is 0 Å². The summed E-state index contributed by atoms with van der Waals surface area (Å²) in [6.07, 6.45) is 5.84. The van der Waals surface area contributed by atoms with E-state index in [1.54, 1.807) is 0 Å². The van der Waals surface area contributed by atoms with Gasteiger partial charge in [0.2, 0.25) is 0 Å². The fourth-order valence-corrected chi connectivity index (χ4v) is 2.83. The van der Waals surface area contributed by atoms with Gasteiger partial charge in [-0.25, -0.2) is 8.78 Å². The Bertz CT molecular complexity index is 405. The lowest BCUT2D eigenvalue weighted by Crippen LogP contribution is -2.38. The van der Waals surface area contributed by atoms with Gasteiger partial charge in [-0.15, -0.1) is 0 Å². The van der Waals surface area contributed by atoms with Gasteiger partial charge < -0.3 is 5.11 Å². The topological polar surface area (TPSA) is 23.5 Å². The largest absolute Gasteiger partial charge is 0.395 e. The Labute approximate surface area is 113 Å². The van der Waals surface area contributed by atoms with E-state index in [1.807, 2.05) is 0 Å². The first-order valence-corrected chi connectivity index (χ1v) is 6.99. The second-order valence-electron chi connectivity index (χ2n) is 5.22. The highest BCUT2D eigenvalue weighted by atomic mass is 19.1. The summed E-state index contributed by atoms with van der Waals surface area (Å²) in [6, 6.07) is 4.12. The predicted octanol–water partition coefficient (Wildman–Crippen LogP) is 3.09. The van der Waals surface area contributed by atoms with Gasteiger partial charge in [0.25, 0.3) is 0 Å². The van der Waals surface area contributed by atoms with Crippen molar-refractivity contribution in [1.29, 1.82) is 0 Å². The van der Waals surface area contributed by atoms with Crippen molar-refractivity contribution in [3.05, 3.63) is 35.4 Å². The minimum Gasteiger partial charge on any atom is -0.395 e. The zero-order chi connectivity index (χ0) is 13.7. The molecule has 1 aromatic carbocycles. The van der Waals surface area contributed by atoms with Crippen molar-refractivity contribution in [3.63, 3.8) is 0 Å². The van der Waals surface area contributed by atoms with E-state index in [1.165, 1.54) is 31.4 Å². The zero-order valence-electron chi connectivity index (χ0n) is 11.1. The summed E-state index contributed by atoms with van der Waals surface area (Å²) < 4.78 is 26.6. The lowest BCUT2D eigenvalue weighted by atomic mass is 9.94. The van der Waals surface area contributed by atoms with Crippen LogP contribution >= 0.6 is 0 Å². The molecule has 1 aliphatic rings. The third-order valence-electron chi connectivity index (χ3n) is 3.87. The Kier molecular flexibility index (Phi) is 5.28. The molecule has 1 aromatic rings. The van der Waals surface area contributed by atoms with Crippen molar-refractivity contribution in [3.8, 4) is 0 Å². The molecular formula is C15H21F2NO. The lowest BCUT2D eigenvalue weighted by Gasteiger charge is -2.34. The van der Waals surface area contributed by atoms with Crippen LogP contribution in [0.5, 0.6) is 0 Å². The van der Waals surface area contributed by atoms with Gasteiger partial charge in [0.15, 0.2) is 0 Å². The lowest BCUT2D eigenvalue weighted by molar-refractivity contribution is 0.116. The number of hydrogen-bond acceptors (Lipinski definition) is 2. The highest BCUT2D eigenvalue weighted by molar-refractivity contribution is 5.18. The smallest absolute Gasteiger partial charge is 0.130 e. The second kappa shape index (κ2) is 6.96. The van der Waals surface area contributed by atoms with Crippen LogP contribution in [-0.4, -0.2) is 29.2 Å². The van der Waals surface area contributed by atoms with Crippen molar-refractivity contribution in [2.75, 3.05) is 13.2 Å².